The topological polar surface area (TPSA) is 26.3 Å². The predicted molar refractivity (Wildman–Crippen MR) is 44.8 cm³/mol. The first-order valence-corrected chi connectivity index (χ1v) is 4.18. The summed E-state index contributed by atoms with van der Waals surface area (Å²) in [6, 6.07) is 0. The zero-order valence-corrected chi connectivity index (χ0v) is 7.59. The van der Waals surface area contributed by atoms with Crippen molar-refractivity contribution in [2.24, 2.45) is 5.92 Å². The van der Waals surface area contributed by atoms with Crippen molar-refractivity contribution in [3.63, 3.8) is 0 Å². The third-order valence-electron chi connectivity index (χ3n) is 1.20. The summed E-state index contributed by atoms with van der Waals surface area (Å²) in [7, 11) is 0. The number of unbranched alkanes of at least 4 members (excludes halogenated alkanes) is 1. The number of carbonyl (C=O) groups is 1. The summed E-state index contributed by atoms with van der Waals surface area (Å²) in [5.41, 5.74) is 0. The standard InChI is InChI=1S/C9H17O2/c1-4-5-6-11-9(10)7-8(2)3/h6,8H,4-5,7H2,1-3H3. The minimum Gasteiger partial charge on any atom is -0.458 e. The highest BCUT2D eigenvalue weighted by molar-refractivity contribution is 5.69. The zero-order chi connectivity index (χ0) is 8.69. The molecule has 0 aromatic rings. The summed E-state index contributed by atoms with van der Waals surface area (Å²) < 4.78 is 4.83. The first kappa shape index (κ1) is 10.5. The van der Waals surface area contributed by atoms with Crippen LogP contribution in [0, 0.1) is 12.5 Å². The molecular formula is C9H17O2. The molecule has 2 heteroatoms. The summed E-state index contributed by atoms with van der Waals surface area (Å²) >= 11 is 0. The summed E-state index contributed by atoms with van der Waals surface area (Å²) in [6.07, 6.45) is 2.39. The van der Waals surface area contributed by atoms with E-state index in [2.05, 4.69) is 0 Å². The van der Waals surface area contributed by atoms with Crippen LogP contribution in [-0.2, 0) is 9.53 Å². The van der Waals surface area contributed by atoms with E-state index in [1.807, 2.05) is 20.8 Å². The number of esters is 1. The Bertz CT molecular complexity index is 108. The van der Waals surface area contributed by atoms with Gasteiger partial charge in [0.25, 0.3) is 0 Å². The molecular weight excluding hydrogens is 140 g/mol. The van der Waals surface area contributed by atoms with Crippen molar-refractivity contribution in [1.29, 1.82) is 0 Å². The monoisotopic (exact) mass is 157 g/mol. The molecule has 0 saturated carbocycles. The maximum absolute atomic E-state index is 10.9. The second-order valence-corrected chi connectivity index (χ2v) is 3.04. The van der Waals surface area contributed by atoms with Crippen molar-refractivity contribution >= 4 is 5.97 Å². The SMILES string of the molecule is CCC[CH]OC(=O)CC(C)C. The van der Waals surface area contributed by atoms with Crippen LogP contribution in [0.3, 0.4) is 0 Å². The van der Waals surface area contributed by atoms with Crippen molar-refractivity contribution in [1.82, 2.24) is 0 Å². The largest absolute Gasteiger partial charge is 0.458 e. The van der Waals surface area contributed by atoms with E-state index in [-0.39, 0.29) is 5.97 Å². The van der Waals surface area contributed by atoms with Gasteiger partial charge in [0, 0.05) is 6.42 Å². The smallest absolute Gasteiger partial charge is 0.306 e. The molecule has 0 bridgehead atoms. The Hall–Kier alpha value is -0.530. The summed E-state index contributed by atoms with van der Waals surface area (Å²) in [5, 5.41) is 0. The molecule has 0 atom stereocenters. The van der Waals surface area contributed by atoms with Crippen LogP contribution in [0.2, 0.25) is 0 Å². The van der Waals surface area contributed by atoms with E-state index in [1.54, 1.807) is 6.61 Å². The molecule has 1 radical (unpaired) electrons. The minimum absolute atomic E-state index is 0.117. The van der Waals surface area contributed by atoms with Gasteiger partial charge in [0.15, 0.2) is 0 Å². The molecule has 0 saturated heterocycles. The Morgan fingerprint density at radius 3 is 2.64 bits per heavy atom. The van der Waals surface area contributed by atoms with E-state index < -0.39 is 0 Å². The van der Waals surface area contributed by atoms with Crippen molar-refractivity contribution in [3.8, 4) is 0 Å². The van der Waals surface area contributed by atoms with E-state index in [1.165, 1.54) is 0 Å². The molecule has 0 spiro atoms. The van der Waals surface area contributed by atoms with E-state index in [0.717, 1.165) is 12.8 Å². The first-order valence-electron chi connectivity index (χ1n) is 4.18. The van der Waals surface area contributed by atoms with Crippen molar-refractivity contribution in [3.05, 3.63) is 6.61 Å². The first-order chi connectivity index (χ1) is 5.16. The summed E-state index contributed by atoms with van der Waals surface area (Å²) in [5.74, 6) is 0.269. The second-order valence-electron chi connectivity index (χ2n) is 3.04. The van der Waals surface area contributed by atoms with Gasteiger partial charge in [-0.3, -0.25) is 4.79 Å². The highest BCUT2D eigenvalue weighted by atomic mass is 16.5. The quantitative estimate of drug-likeness (QED) is 0.453. The van der Waals surface area contributed by atoms with Gasteiger partial charge < -0.3 is 4.74 Å². The molecule has 0 aliphatic carbocycles. The van der Waals surface area contributed by atoms with Crippen molar-refractivity contribution in [2.45, 2.75) is 40.0 Å². The van der Waals surface area contributed by atoms with Crippen LogP contribution in [0.4, 0.5) is 0 Å². The lowest BCUT2D eigenvalue weighted by Crippen LogP contribution is -2.05. The lowest BCUT2D eigenvalue weighted by molar-refractivity contribution is -0.141. The molecule has 0 aromatic carbocycles. The van der Waals surface area contributed by atoms with Gasteiger partial charge in [-0.15, -0.1) is 0 Å². The molecule has 0 fully saturated rings. The zero-order valence-electron chi connectivity index (χ0n) is 7.59. The molecule has 65 valence electrons. The molecule has 0 N–H and O–H groups in total. The Morgan fingerprint density at radius 1 is 1.55 bits per heavy atom. The van der Waals surface area contributed by atoms with E-state index >= 15 is 0 Å². The summed E-state index contributed by atoms with van der Waals surface area (Å²) in [4.78, 5) is 10.9. The van der Waals surface area contributed by atoms with Crippen LogP contribution in [0.15, 0.2) is 0 Å². The molecule has 0 rings (SSSR count). The predicted octanol–water partition coefficient (Wildman–Crippen LogP) is 2.54. The highest BCUT2D eigenvalue weighted by Crippen LogP contribution is 2.03. The molecule has 0 aliphatic heterocycles. The second kappa shape index (κ2) is 6.20. The number of ether oxygens (including phenoxy) is 1. The fraction of sp³-hybridized carbons (Fsp3) is 0.778. The molecule has 2 nitrogen and oxygen atoms in total. The number of rotatable bonds is 5. The fourth-order valence-corrected chi connectivity index (χ4v) is 0.651. The van der Waals surface area contributed by atoms with E-state index in [9.17, 15) is 4.79 Å². The van der Waals surface area contributed by atoms with Gasteiger partial charge in [-0.2, -0.15) is 0 Å². The third kappa shape index (κ3) is 7.37. The Morgan fingerprint density at radius 2 is 2.18 bits per heavy atom. The average Bonchev–Trinajstić information content (AvgIpc) is 1.86. The van der Waals surface area contributed by atoms with E-state index in [4.69, 9.17) is 4.74 Å². The molecule has 0 aromatic heterocycles. The van der Waals surface area contributed by atoms with Crippen LogP contribution in [0.1, 0.15) is 40.0 Å². The lowest BCUT2D eigenvalue weighted by atomic mass is 10.1. The van der Waals surface area contributed by atoms with Crippen LogP contribution in [-0.4, -0.2) is 5.97 Å². The maximum Gasteiger partial charge on any atom is 0.306 e. The fourth-order valence-electron chi connectivity index (χ4n) is 0.651. The van der Waals surface area contributed by atoms with Gasteiger partial charge in [0.05, 0.1) is 0 Å². The molecule has 0 aliphatic rings. The highest BCUT2D eigenvalue weighted by Gasteiger charge is 2.04. The van der Waals surface area contributed by atoms with Crippen molar-refractivity contribution in [2.75, 3.05) is 0 Å². The molecule has 11 heavy (non-hydrogen) atoms. The minimum atomic E-state index is -0.117. The van der Waals surface area contributed by atoms with Gasteiger partial charge in [-0.25, -0.2) is 0 Å². The summed E-state index contributed by atoms with van der Waals surface area (Å²) in [6.45, 7) is 7.64. The lowest BCUT2D eigenvalue weighted by Gasteiger charge is -2.04. The average molecular weight is 157 g/mol. The normalized spacial score (nSPS) is 10.2. The Labute approximate surface area is 68.9 Å². The van der Waals surface area contributed by atoms with Gasteiger partial charge in [0.2, 0.25) is 0 Å². The van der Waals surface area contributed by atoms with Crippen LogP contribution >= 0.6 is 0 Å². The number of carbonyl (C=O) groups excluding carboxylic acids is 1. The van der Waals surface area contributed by atoms with Crippen LogP contribution in [0.25, 0.3) is 0 Å². The molecule has 0 unspecified atom stereocenters. The van der Waals surface area contributed by atoms with Gasteiger partial charge >= 0.3 is 5.97 Å². The Balaban J connectivity index is 3.23. The van der Waals surface area contributed by atoms with Gasteiger partial charge in [0.1, 0.15) is 6.61 Å². The third-order valence-corrected chi connectivity index (χ3v) is 1.20. The van der Waals surface area contributed by atoms with Crippen LogP contribution < -0.4 is 0 Å². The Kier molecular flexibility index (Phi) is 5.90. The van der Waals surface area contributed by atoms with Gasteiger partial charge in [-0.05, 0) is 12.3 Å². The number of hydrogen-bond acceptors (Lipinski definition) is 2. The maximum atomic E-state index is 10.9. The van der Waals surface area contributed by atoms with Gasteiger partial charge in [-0.1, -0.05) is 27.2 Å². The number of hydrogen-bond donors (Lipinski definition) is 0. The molecule has 0 heterocycles. The van der Waals surface area contributed by atoms with Crippen molar-refractivity contribution < 1.29 is 9.53 Å². The molecule has 0 amide bonds. The van der Waals surface area contributed by atoms with Crippen LogP contribution in [0.5, 0.6) is 0 Å². The van der Waals surface area contributed by atoms with E-state index in [0.29, 0.717) is 12.3 Å².